The smallest absolute Gasteiger partial charge is 0.350 e. The van der Waals surface area contributed by atoms with Crippen LogP contribution < -0.4 is 20.2 Å². The normalized spacial score (nSPS) is 21.3. The Kier molecular flexibility index (Phi) is 10.1. The van der Waals surface area contributed by atoms with E-state index in [1.54, 1.807) is 41.3 Å². The quantitative estimate of drug-likeness (QED) is 0.159. The fraction of sp³-hybridized carbons (Fsp3) is 0.389. The maximum absolute atomic E-state index is 15.5. The van der Waals surface area contributed by atoms with Crippen molar-refractivity contribution in [2.24, 2.45) is 0 Å². The van der Waals surface area contributed by atoms with Gasteiger partial charge in [-0.2, -0.15) is 10.2 Å². The van der Waals surface area contributed by atoms with Crippen molar-refractivity contribution in [3.8, 4) is 11.4 Å². The largest absolute Gasteiger partial charge is 0.491 e. The lowest BCUT2D eigenvalue weighted by molar-refractivity contribution is -0.190. The molecule has 4 unspecified atom stereocenters. The molecule has 0 amide bonds. The minimum atomic E-state index is -1.19. The minimum Gasteiger partial charge on any atom is -0.491 e. The van der Waals surface area contributed by atoms with Crippen LogP contribution in [-0.2, 0) is 21.8 Å². The lowest BCUT2D eigenvalue weighted by Gasteiger charge is -2.42. The zero-order chi connectivity index (χ0) is 35.7. The second kappa shape index (κ2) is 14.7. The van der Waals surface area contributed by atoms with Crippen molar-refractivity contribution in [2.45, 2.75) is 57.7 Å². The molecule has 5 aromatic rings. The fourth-order valence-corrected chi connectivity index (χ4v) is 7.19. The third-order valence-corrected chi connectivity index (χ3v) is 10.1. The molecule has 0 radical (unpaired) electrons. The van der Waals surface area contributed by atoms with Crippen LogP contribution in [0, 0.1) is 5.82 Å². The first-order valence-corrected chi connectivity index (χ1v) is 17.7. The van der Waals surface area contributed by atoms with Gasteiger partial charge in [-0.1, -0.05) is 36.2 Å². The van der Waals surface area contributed by atoms with E-state index < -0.39 is 5.79 Å². The molecule has 2 fully saturated rings. The highest BCUT2D eigenvalue weighted by molar-refractivity contribution is 6.35. The SMILES string of the molecule is CCC(C)n1ncn(-c2ccc(N3CCN(c4ccc(OCC5COC(Cn6cncn6)(c6ccc(Cl)cc6Cl)O5)cc4)C(C)C3)c(F)c2)c1=O. The Labute approximate surface area is 304 Å². The maximum Gasteiger partial charge on any atom is 0.350 e. The Morgan fingerprint density at radius 2 is 1.84 bits per heavy atom. The van der Waals surface area contributed by atoms with Gasteiger partial charge in [-0.3, -0.25) is 0 Å². The molecule has 268 valence electrons. The summed E-state index contributed by atoms with van der Waals surface area (Å²) >= 11 is 12.7. The first kappa shape index (κ1) is 35.0. The van der Waals surface area contributed by atoms with E-state index in [1.165, 1.54) is 28.0 Å². The molecule has 12 nitrogen and oxygen atoms in total. The molecule has 0 N–H and O–H groups in total. The van der Waals surface area contributed by atoms with E-state index >= 15 is 4.39 Å². The second-order valence-electron chi connectivity index (χ2n) is 12.9. The number of benzene rings is 3. The van der Waals surface area contributed by atoms with Crippen LogP contribution in [-0.4, -0.2) is 74.1 Å². The maximum atomic E-state index is 15.5. The zero-order valence-corrected chi connectivity index (χ0v) is 30.0. The fourth-order valence-electron chi connectivity index (χ4n) is 6.64. The predicted octanol–water partition coefficient (Wildman–Crippen LogP) is 6.10. The summed E-state index contributed by atoms with van der Waals surface area (Å²) < 4.78 is 38.8. The standard InChI is InChI=1S/C36H39Cl2FN8O4/c1-4-24(2)47-35(48)46(23-42-47)28-8-12-34(33(39)16-28)43-13-14-45(25(3)17-43)27-6-9-29(10-7-27)49-18-30-19-50-36(51-30,20-44-22-40-21-41-44)31-11-5-26(37)15-32(31)38/h5-12,15-16,21-25,30H,4,13-14,17-20H2,1-3H3. The summed E-state index contributed by atoms with van der Waals surface area (Å²) in [5.41, 5.74) is 2.38. The number of piperazine rings is 1. The van der Waals surface area contributed by atoms with Gasteiger partial charge in [0, 0.05) is 48.0 Å². The van der Waals surface area contributed by atoms with Gasteiger partial charge in [-0.15, -0.1) is 0 Å². The molecule has 3 aromatic carbocycles. The molecule has 4 atom stereocenters. The Balaban J connectivity index is 0.960. The Hall–Kier alpha value is -4.43. The van der Waals surface area contributed by atoms with Gasteiger partial charge in [0.25, 0.3) is 0 Å². The molecule has 7 rings (SSSR count). The van der Waals surface area contributed by atoms with Crippen molar-refractivity contribution < 1.29 is 18.6 Å². The molecule has 2 aromatic heterocycles. The molecule has 2 aliphatic rings. The van der Waals surface area contributed by atoms with Gasteiger partial charge in [-0.05, 0) is 68.8 Å². The summed E-state index contributed by atoms with van der Waals surface area (Å²) in [6.45, 7) is 8.82. The molecule has 0 saturated carbocycles. The molecule has 0 aliphatic carbocycles. The van der Waals surface area contributed by atoms with Crippen LogP contribution in [0.2, 0.25) is 10.0 Å². The van der Waals surface area contributed by atoms with Crippen LogP contribution in [0.15, 0.2) is 84.4 Å². The molecule has 0 spiro atoms. The van der Waals surface area contributed by atoms with Crippen LogP contribution in [0.5, 0.6) is 5.75 Å². The number of halogens is 3. The van der Waals surface area contributed by atoms with Crippen molar-refractivity contribution in [1.82, 2.24) is 29.1 Å². The number of nitrogens with zero attached hydrogens (tertiary/aromatic N) is 8. The Morgan fingerprint density at radius 1 is 1.04 bits per heavy atom. The monoisotopic (exact) mass is 736 g/mol. The van der Waals surface area contributed by atoms with E-state index in [2.05, 4.69) is 27.0 Å². The molecule has 2 aliphatic heterocycles. The lowest BCUT2D eigenvalue weighted by Crippen LogP contribution is -2.52. The highest BCUT2D eigenvalue weighted by Crippen LogP contribution is 2.40. The highest BCUT2D eigenvalue weighted by Gasteiger charge is 2.45. The molecular weight excluding hydrogens is 698 g/mol. The molecular formula is C36H39Cl2FN8O4. The van der Waals surface area contributed by atoms with Gasteiger partial charge < -0.3 is 24.0 Å². The minimum absolute atomic E-state index is 0.0361. The number of ether oxygens (including phenoxy) is 3. The van der Waals surface area contributed by atoms with Crippen molar-refractivity contribution in [3.05, 3.63) is 112 Å². The summed E-state index contributed by atoms with van der Waals surface area (Å²) in [6, 6.07) is 18.1. The third kappa shape index (κ3) is 7.21. The van der Waals surface area contributed by atoms with Gasteiger partial charge in [-0.25, -0.2) is 28.1 Å². The van der Waals surface area contributed by atoms with E-state index in [0.717, 1.165) is 12.1 Å². The first-order valence-electron chi connectivity index (χ1n) is 16.9. The summed E-state index contributed by atoms with van der Waals surface area (Å²) in [6.07, 6.45) is 4.90. The molecule has 51 heavy (non-hydrogen) atoms. The second-order valence-corrected chi connectivity index (χ2v) is 13.8. The van der Waals surface area contributed by atoms with Crippen molar-refractivity contribution in [3.63, 3.8) is 0 Å². The summed E-state index contributed by atoms with van der Waals surface area (Å²) in [7, 11) is 0. The van der Waals surface area contributed by atoms with Crippen LogP contribution in [0.3, 0.4) is 0 Å². The Morgan fingerprint density at radius 3 is 2.55 bits per heavy atom. The van der Waals surface area contributed by atoms with Crippen LogP contribution in [0.25, 0.3) is 5.69 Å². The number of aromatic nitrogens is 6. The van der Waals surface area contributed by atoms with Crippen LogP contribution in [0.4, 0.5) is 15.8 Å². The van der Waals surface area contributed by atoms with Gasteiger partial charge >= 0.3 is 5.69 Å². The number of rotatable bonds is 11. The Bertz CT molecular complexity index is 2020. The van der Waals surface area contributed by atoms with Gasteiger partial charge in [0.15, 0.2) is 0 Å². The van der Waals surface area contributed by atoms with E-state index in [4.69, 9.17) is 37.4 Å². The van der Waals surface area contributed by atoms with E-state index in [1.807, 2.05) is 43.0 Å². The summed E-state index contributed by atoms with van der Waals surface area (Å²) in [4.78, 5) is 21.2. The average molecular weight is 738 g/mol. The van der Waals surface area contributed by atoms with Crippen LogP contribution in [0.1, 0.15) is 38.8 Å². The lowest BCUT2D eigenvalue weighted by atomic mass is 10.1. The van der Waals surface area contributed by atoms with Crippen molar-refractivity contribution in [2.75, 3.05) is 42.6 Å². The van der Waals surface area contributed by atoms with Gasteiger partial charge in [0.2, 0.25) is 5.79 Å². The molecule has 4 heterocycles. The summed E-state index contributed by atoms with van der Waals surface area (Å²) in [5, 5.41) is 9.38. The predicted molar refractivity (Wildman–Crippen MR) is 193 cm³/mol. The zero-order valence-electron chi connectivity index (χ0n) is 28.5. The molecule has 0 bridgehead atoms. The number of hydrogen-bond donors (Lipinski definition) is 0. The number of hydrogen-bond acceptors (Lipinski definition) is 9. The number of anilines is 2. The van der Waals surface area contributed by atoms with E-state index in [0.29, 0.717) is 59.0 Å². The third-order valence-electron chi connectivity index (χ3n) is 9.52. The van der Waals surface area contributed by atoms with Gasteiger partial charge in [0.05, 0.1) is 29.0 Å². The molecule has 2 saturated heterocycles. The van der Waals surface area contributed by atoms with Crippen molar-refractivity contribution >= 4 is 34.6 Å². The van der Waals surface area contributed by atoms with E-state index in [9.17, 15) is 4.79 Å². The average Bonchev–Trinajstić information content (AvgIpc) is 3.88. The van der Waals surface area contributed by atoms with Crippen LogP contribution >= 0.6 is 23.2 Å². The first-order chi connectivity index (χ1) is 24.6. The van der Waals surface area contributed by atoms with Crippen molar-refractivity contribution in [1.29, 1.82) is 0 Å². The topological polar surface area (TPSA) is 105 Å². The van der Waals surface area contributed by atoms with Gasteiger partial charge in [0.1, 0.15) is 49.8 Å². The summed E-state index contributed by atoms with van der Waals surface area (Å²) in [5.74, 6) is -0.864. The van der Waals surface area contributed by atoms with E-state index in [-0.39, 0.29) is 42.8 Å². The highest BCUT2D eigenvalue weighted by atomic mass is 35.5. The molecule has 15 heteroatoms.